The van der Waals surface area contributed by atoms with Crippen LogP contribution in [0.3, 0.4) is 0 Å². The average molecular weight is 415 g/mol. The van der Waals surface area contributed by atoms with Gasteiger partial charge in [-0.3, -0.25) is 14.3 Å². The van der Waals surface area contributed by atoms with Crippen LogP contribution >= 0.6 is 0 Å². The van der Waals surface area contributed by atoms with E-state index < -0.39 is 0 Å². The van der Waals surface area contributed by atoms with Crippen molar-refractivity contribution in [2.24, 2.45) is 0 Å². The van der Waals surface area contributed by atoms with Gasteiger partial charge in [-0.2, -0.15) is 0 Å². The number of imidazole rings is 1. The van der Waals surface area contributed by atoms with Gasteiger partial charge in [-0.05, 0) is 38.3 Å². The summed E-state index contributed by atoms with van der Waals surface area (Å²) in [4.78, 5) is 31.9. The van der Waals surface area contributed by atoms with E-state index in [9.17, 15) is 9.59 Å². The van der Waals surface area contributed by atoms with Crippen molar-refractivity contribution >= 4 is 16.9 Å². The molecule has 1 N–H and O–H groups in total. The largest absolute Gasteiger partial charge is 0.494 e. The molecule has 0 spiro atoms. The number of H-pyrrole nitrogens is 1. The van der Waals surface area contributed by atoms with Crippen molar-refractivity contribution < 1.29 is 9.53 Å². The number of aromatic amines is 1. The second kappa shape index (κ2) is 9.69. The molecule has 4 rings (SSSR count). The third-order valence-electron chi connectivity index (χ3n) is 6.62. The summed E-state index contributed by atoms with van der Waals surface area (Å²) in [7, 11) is 0. The quantitative estimate of drug-likeness (QED) is 0.707. The van der Waals surface area contributed by atoms with E-state index >= 15 is 0 Å². The molecule has 1 amide bonds. The molecule has 1 saturated carbocycles. The summed E-state index contributed by atoms with van der Waals surface area (Å²) in [6.07, 6.45) is 7.98. The van der Waals surface area contributed by atoms with E-state index in [0.717, 1.165) is 49.0 Å². The molecule has 30 heavy (non-hydrogen) atoms. The van der Waals surface area contributed by atoms with Crippen LogP contribution in [-0.4, -0.2) is 64.1 Å². The fourth-order valence-corrected chi connectivity index (χ4v) is 4.89. The van der Waals surface area contributed by atoms with Gasteiger partial charge in [-0.1, -0.05) is 19.3 Å². The Kier molecular flexibility index (Phi) is 6.77. The maximum absolute atomic E-state index is 12.6. The van der Waals surface area contributed by atoms with E-state index in [1.165, 1.54) is 32.1 Å². The number of nitrogens with one attached hydrogen (secondary N) is 1. The van der Waals surface area contributed by atoms with E-state index in [4.69, 9.17) is 4.74 Å². The van der Waals surface area contributed by atoms with Crippen molar-refractivity contribution in [3.63, 3.8) is 0 Å². The number of hydrogen-bond acceptors (Lipinski definition) is 4. The highest BCUT2D eigenvalue weighted by molar-refractivity contribution is 5.77. The molecular weight excluding hydrogens is 380 g/mol. The molecule has 2 aromatic rings. The number of aryl methyl sites for hydroxylation is 1. The molecule has 7 heteroatoms. The molecule has 0 unspecified atom stereocenters. The van der Waals surface area contributed by atoms with Crippen molar-refractivity contribution in [3.8, 4) is 5.75 Å². The lowest BCUT2D eigenvalue weighted by atomic mass is 9.94. The monoisotopic (exact) mass is 414 g/mol. The topological polar surface area (TPSA) is 70.6 Å². The maximum Gasteiger partial charge on any atom is 0.326 e. The molecule has 1 aromatic heterocycles. The summed E-state index contributed by atoms with van der Waals surface area (Å²) < 4.78 is 7.54. The Bertz CT molecular complexity index is 905. The first kappa shape index (κ1) is 21.0. The van der Waals surface area contributed by atoms with Gasteiger partial charge in [0.15, 0.2) is 0 Å². The second-order valence-electron chi connectivity index (χ2n) is 8.51. The Morgan fingerprint density at radius 3 is 2.63 bits per heavy atom. The first-order valence-electron chi connectivity index (χ1n) is 11.5. The number of carbonyl (C=O) groups excluding carboxylic acids is 1. The van der Waals surface area contributed by atoms with E-state index in [1.54, 1.807) is 4.57 Å². The summed E-state index contributed by atoms with van der Waals surface area (Å²) in [5.41, 5.74) is 1.57. The summed E-state index contributed by atoms with van der Waals surface area (Å²) in [5.74, 6) is 0.972. The van der Waals surface area contributed by atoms with Gasteiger partial charge in [0.2, 0.25) is 5.91 Å². The molecule has 2 heterocycles. The molecule has 0 bridgehead atoms. The number of rotatable bonds is 7. The van der Waals surface area contributed by atoms with Crippen molar-refractivity contribution in [2.75, 3.05) is 32.8 Å². The Hall–Kier alpha value is -2.28. The standard InChI is InChI=1S/C23H34N4O3/c1-2-27-21-17-19(10-11-20(21)24-23(27)29)30-16-6-9-22(28)26-14-12-25(13-15-26)18-7-4-3-5-8-18/h10-11,17-18H,2-9,12-16H2,1H3,(H,24,29). The lowest BCUT2D eigenvalue weighted by molar-refractivity contribution is -0.133. The van der Waals surface area contributed by atoms with E-state index in [-0.39, 0.29) is 11.6 Å². The van der Waals surface area contributed by atoms with Crippen molar-refractivity contribution in [1.82, 2.24) is 19.4 Å². The minimum atomic E-state index is -0.0983. The van der Waals surface area contributed by atoms with Crippen LogP contribution in [0.4, 0.5) is 0 Å². The zero-order valence-electron chi connectivity index (χ0n) is 18.1. The Morgan fingerprint density at radius 2 is 1.90 bits per heavy atom. The Balaban J connectivity index is 1.20. The highest BCUT2D eigenvalue weighted by Gasteiger charge is 2.26. The number of benzene rings is 1. The highest BCUT2D eigenvalue weighted by atomic mass is 16.5. The smallest absolute Gasteiger partial charge is 0.326 e. The molecular formula is C23H34N4O3. The zero-order chi connectivity index (χ0) is 20.9. The van der Waals surface area contributed by atoms with Gasteiger partial charge in [0.1, 0.15) is 5.75 Å². The second-order valence-corrected chi connectivity index (χ2v) is 8.51. The van der Waals surface area contributed by atoms with Crippen LogP contribution in [0.25, 0.3) is 11.0 Å². The molecule has 7 nitrogen and oxygen atoms in total. The number of fused-ring (bicyclic) bond motifs is 1. The van der Waals surface area contributed by atoms with Crippen molar-refractivity contribution in [1.29, 1.82) is 0 Å². The molecule has 1 aromatic carbocycles. The van der Waals surface area contributed by atoms with Crippen LogP contribution in [0.15, 0.2) is 23.0 Å². The van der Waals surface area contributed by atoms with Gasteiger partial charge in [-0.25, -0.2) is 4.79 Å². The zero-order valence-corrected chi connectivity index (χ0v) is 18.1. The first-order valence-corrected chi connectivity index (χ1v) is 11.5. The first-order chi connectivity index (χ1) is 14.7. The highest BCUT2D eigenvalue weighted by Crippen LogP contribution is 2.24. The Morgan fingerprint density at radius 1 is 1.13 bits per heavy atom. The van der Waals surface area contributed by atoms with Crippen LogP contribution in [0.2, 0.25) is 0 Å². The van der Waals surface area contributed by atoms with E-state index in [2.05, 4.69) is 9.88 Å². The molecule has 164 valence electrons. The molecule has 2 fully saturated rings. The predicted molar refractivity (Wildman–Crippen MR) is 118 cm³/mol. The number of hydrogen-bond donors (Lipinski definition) is 1. The third kappa shape index (κ3) is 4.72. The molecule has 1 aliphatic carbocycles. The van der Waals surface area contributed by atoms with Gasteiger partial charge in [0.05, 0.1) is 17.6 Å². The van der Waals surface area contributed by atoms with Crippen LogP contribution in [0.1, 0.15) is 51.9 Å². The minimum absolute atomic E-state index is 0.0983. The number of aromatic nitrogens is 2. The number of ether oxygens (including phenoxy) is 1. The number of nitrogens with zero attached hydrogens (tertiary/aromatic N) is 3. The summed E-state index contributed by atoms with van der Waals surface area (Å²) in [5, 5.41) is 0. The van der Waals surface area contributed by atoms with Gasteiger partial charge in [0.25, 0.3) is 0 Å². The fourth-order valence-electron chi connectivity index (χ4n) is 4.89. The van der Waals surface area contributed by atoms with Crippen LogP contribution in [-0.2, 0) is 11.3 Å². The Labute approximate surface area is 178 Å². The van der Waals surface area contributed by atoms with Gasteiger partial charge < -0.3 is 14.6 Å². The van der Waals surface area contributed by atoms with Gasteiger partial charge >= 0.3 is 5.69 Å². The summed E-state index contributed by atoms with van der Waals surface area (Å²) in [6.45, 7) is 6.81. The number of amides is 1. The maximum atomic E-state index is 12.6. The number of piperazine rings is 1. The average Bonchev–Trinajstić information content (AvgIpc) is 3.11. The van der Waals surface area contributed by atoms with Crippen LogP contribution < -0.4 is 10.4 Å². The number of carbonyl (C=O) groups is 1. The minimum Gasteiger partial charge on any atom is -0.494 e. The van der Waals surface area contributed by atoms with Crippen LogP contribution in [0, 0.1) is 0 Å². The van der Waals surface area contributed by atoms with Gasteiger partial charge in [0, 0.05) is 51.3 Å². The molecule has 2 aliphatic rings. The van der Waals surface area contributed by atoms with E-state index in [0.29, 0.717) is 26.0 Å². The predicted octanol–water partition coefficient (Wildman–Crippen LogP) is 2.99. The lowest BCUT2D eigenvalue weighted by Gasteiger charge is -2.40. The molecule has 1 saturated heterocycles. The van der Waals surface area contributed by atoms with Crippen molar-refractivity contribution in [2.45, 2.75) is 64.5 Å². The fraction of sp³-hybridized carbons (Fsp3) is 0.652. The lowest BCUT2D eigenvalue weighted by Crippen LogP contribution is -2.52. The summed E-state index contributed by atoms with van der Waals surface area (Å²) >= 11 is 0. The molecule has 0 atom stereocenters. The SMILES string of the molecule is CCn1c(=O)[nH]c2ccc(OCCCC(=O)N3CCN(C4CCCCC4)CC3)cc21. The van der Waals surface area contributed by atoms with E-state index in [1.807, 2.05) is 30.0 Å². The van der Waals surface area contributed by atoms with Crippen LogP contribution in [0.5, 0.6) is 5.75 Å². The molecule has 1 aliphatic heterocycles. The third-order valence-corrected chi connectivity index (χ3v) is 6.62. The molecule has 0 radical (unpaired) electrons. The normalized spacial score (nSPS) is 18.8. The van der Waals surface area contributed by atoms with Crippen molar-refractivity contribution in [3.05, 3.63) is 28.7 Å². The summed E-state index contributed by atoms with van der Waals surface area (Å²) in [6, 6.07) is 6.37. The van der Waals surface area contributed by atoms with Gasteiger partial charge in [-0.15, -0.1) is 0 Å².